The minimum atomic E-state index is -0.567. The highest BCUT2D eigenvalue weighted by Crippen LogP contribution is 2.26. The third-order valence-electron chi connectivity index (χ3n) is 4.24. The van der Waals surface area contributed by atoms with Crippen molar-refractivity contribution in [2.45, 2.75) is 70.8 Å². The van der Waals surface area contributed by atoms with Crippen molar-refractivity contribution in [2.24, 2.45) is 0 Å². The standard InChI is InChI=1S/C21H32O4/c1-3-4-5-6-7-8-9-10-18(22)16-19(23)13-11-17-12-14-20(24)21(15-17)25-2/h11-15,18,22,24H,3-10,16H2,1-2H3/b13-11+/t18-/m0/s1. The summed E-state index contributed by atoms with van der Waals surface area (Å²) in [6.45, 7) is 2.21. The lowest BCUT2D eigenvalue weighted by molar-refractivity contribution is -0.116. The molecule has 0 radical (unpaired) electrons. The minimum Gasteiger partial charge on any atom is -0.504 e. The van der Waals surface area contributed by atoms with Crippen LogP contribution in [0, 0.1) is 0 Å². The zero-order valence-electron chi connectivity index (χ0n) is 15.5. The molecule has 4 heteroatoms. The first kappa shape index (κ1) is 21.2. The Morgan fingerprint density at radius 1 is 1.16 bits per heavy atom. The molecule has 140 valence electrons. The van der Waals surface area contributed by atoms with Crippen molar-refractivity contribution < 1.29 is 19.7 Å². The second-order valence-corrected chi connectivity index (χ2v) is 6.50. The van der Waals surface area contributed by atoms with E-state index in [-0.39, 0.29) is 18.0 Å². The lowest BCUT2D eigenvalue weighted by Crippen LogP contribution is -2.11. The van der Waals surface area contributed by atoms with Crippen molar-refractivity contribution in [3.05, 3.63) is 29.8 Å². The van der Waals surface area contributed by atoms with Crippen molar-refractivity contribution in [3.8, 4) is 11.5 Å². The van der Waals surface area contributed by atoms with Crippen LogP contribution >= 0.6 is 0 Å². The molecule has 0 aliphatic rings. The Bertz CT molecular complexity index is 537. The zero-order chi connectivity index (χ0) is 18.5. The van der Waals surface area contributed by atoms with Crippen LogP contribution in [0.2, 0.25) is 0 Å². The van der Waals surface area contributed by atoms with Crippen molar-refractivity contribution in [1.29, 1.82) is 0 Å². The van der Waals surface area contributed by atoms with E-state index >= 15 is 0 Å². The molecule has 4 nitrogen and oxygen atoms in total. The molecule has 0 aliphatic carbocycles. The van der Waals surface area contributed by atoms with E-state index in [0.29, 0.717) is 12.2 Å². The maximum absolute atomic E-state index is 11.9. The highest BCUT2D eigenvalue weighted by molar-refractivity contribution is 5.93. The number of carbonyl (C=O) groups excluding carboxylic acids is 1. The summed E-state index contributed by atoms with van der Waals surface area (Å²) < 4.78 is 5.03. The summed E-state index contributed by atoms with van der Waals surface area (Å²) >= 11 is 0. The number of phenolic OH excluding ortho intramolecular Hbond substituents is 1. The van der Waals surface area contributed by atoms with Crippen LogP contribution in [-0.2, 0) is 4.79 Å². The number of rotatable bonds is 13. The molecule has 0 saturated carbocycles. The van der Waals surface area contributed by atoms with E-state index in [4.69, 9.17) is 4.74 Å². The summed E-state index contributed by atoms with van der Waals surface area (Å²) in [7, 11) is 1.48. The number of allylic oxidation sites excluding steroid dienone is 1. The van der Waals surface area contributed by atoms with Gasteiger partial charge in [0.1, 0.15) is 0 Å². The quantitative estimate of drug-likeness (QED) is 0.394. The highest BCUT2D eigenvalue weighted by atomic mass is 16.5. The number of carbonyl (C=O) groups is 1. The van der Waals surface area contributed by atoms with Crippen LogP contribution in [0.1, 0.15) is 70.3 Å². The Labute approximate surface area is 151 Å². The molecule has 1 aromatic rings. The van der Waals surface area contributed by atoms with Gasteiger partial charge in [0.05, 0.1) is 13.2 Å². The van der Waals surface area contributed by atoms with Crippen LogP contribution in [0.4, 0.5) is 0 Å². The number of aliphatic hydroxyl groups is 1. The van der Waals surface area contributed by atoms with Gasteiger partial charge < -0.3 is 14.9 Å². The molecule has 0 bridgehead atoms. The fraction of sp³-hybridized carbons (Fsp3) is 0.571. The predicted molar refractivity (Wildman–Crippen MR) is 102 cm³/mol. The Kier molecular flexibility index (Phi) is 10.6. The number of hydrogen-bond acceptors (Lipinski definition) is 4. The highest BCUT2D eigenvalue weighted by Gasteiger charge is 2.08. The van der Waals surface area contributed by atoms with Crippen LogP contribution < -0.4 is 4.74 Å². The second kappa shape index (κ2) is 12.5. The fourth-order valence-electron chi connectivity index (χ4n) is 2.73. The van der Waals surface area contributed by atoms with Gasteiger partial charge in [-0.05, 0) is 30.2 Å². The molecule has 0 aliphatic heterocycles. The molecular formula is C21H32O4. The fourth-order valence-corrected chi connectivity index (χ4v) is 2.73. The number of hydrogen-bond donors (Lipinski definition) is 2. The first-order valence-corrected chi connectivity index (χ1v) is 9.32. The van der Waals surface area contributed by atoms with Crippen molar-refractivity contribution in [2.75, 3.05) is 7.11 Å². The van der Waals surface area contributed by atoms with Crippen LogP contribution in [0.5, 0.6) is 11.5 Å². The molecule has 0 aromatic heterocycles. The Morgan fingerprint density at radius 2 is 1.84 bits per heavy atom. The summed E-state index contributed by atoms with van der Waals surface area (Å²) in [6, 6.07) is 4.89. The summed E-state index contributed by atoms with van der Waals surface area (Å²) in [5, 5.41) is 19.5. The molecule has 1 rings (SSSR count). The SMILES string of the molecule is CCCCCCCCC[C@H](O)CC(=O)/C=C/c1ccc(O)c(OC)c1. The lowest BCUT2D eigenvalue weighted by Gasteiger charge is -2.08. The number of aromatic hydroxyl groups is 1. The number of methoxy groups -OCH3 is 1. The molecule has 0 fully saturated rings. The van der Waals surface area contributed by atoms with Gasteiger partial charge in [0.15, 0.2) is 17.3 Å². The van der Waals surface area contributed by atoms with Gasteiger partial charge in [-0.3, -0.25) is 4.79 Å². The van der Waals surface area contributed by atoms with Gasteiger partial charge >= 0.3 is 0 Å². The molecule has 2 N–H and O–H groups in total. The van der Waals surface area contributed by atoms with Gasteiger partial charge in [0.25, 0.3) is 0 Å². The molecule has 1 atom stereocenters. The number of ketones is 1. The Balaban J connectivity index is 2.26. The van der Waals surface area contributed by atoms with Crippen molar-refractivity contribution >= 4 is 11.9 Å². The van der Waals surface area contributed by atoms with E-state index in [9.17, 15) is 15.0 Å². The Morgan fingerprint density at radius 3 is 2.52 bits per heavy atom. The van der Waals surface area contributed by atoms with Crippen LogP contribution in [0.15, 0.2) is 24.3 Å². The van der Waals surface area contributed by atoms with Crippen molar-refractivity contribution in [3.63, 3.8) is 0 Å². The van der Waals surface area contributed by atoms with Crippen molar-refractivity contribution in [1.82, 2.24) is 0 Å². The maximum Gasteiger partial charge on any atom is 0.161 e. The molecular weight excluding hydrogens is 316 g/mol. The first-order valence-electron chi connectivity index (χ1n) is 9.32. The Hall–Kier alpha value is -1.81. The number of ether oxygens (including phenoxy) is 1. The van der Waals surface area contributed by atoms with Crippen LogP contribution in [0.25, 0.3) is 6.08 Å². The largest absolute Gasteiger partial charge is 0.504 e. The number of phenols is 1. The number of aliphatic hydroxyl groups excluding tert-OH is 1. The molecule has 25 heavy (non-hydrogen) atoms. The molecule has 0 amide bonds. The van der Waals surface area contributed by atoms with E-state index in [0.717, 1.165) is 18.4 Å². The molecule has 0 spiro atoms. The molecule has 1 aromatic carbocycles. The zero-order valence-corrected chi connectivity index (χ0v) is 15.5. The van der Waals surface area contributed by atoms with Gasteiger partial charge in [-0.25, -0.2) is 0 Å². The number of benzene rings is 1. The summed E-state index contributed by atoms with van der Waals surface area (Å²) in [6.07, 6.45) is 11.8. The topological polar surface area (TPSA) is 66.8 Å². The second-order valence-electron chi connectivity index (χ2n) is 6.50. The van der Waals surface area contributed by atoms with Crippen LogP contribution in [0.3, 0.4) is 0 Å². The van der Waals surface area contributed by atoms with Gasteiger partial charge in [-0.1, -0.05) is 64.0 Å². The van der Waals surface area contributed by atoms with E-state index in [2.05, 4.69) is 6.92 Å². The molecule has 0 heterocycles. The summed E-state index contributed by atoms with van der Waals surface area (Å²) in [5.41, 5.74) is 0.768. The van der Waals surface area contributed by atoms with E-state index in [1.165, 1.54) is 51.4 Å². The van der Waals surface area contributed by atoms with Gasteiger partial charge in [0.2, 0.25) is 0 Å². The third-order valence-corrected chi connectivity index (χ3v) is 4.24. The van der Waals surface area contributed by atoms with E-state index in [1.807, 2.05) is 0 Å². The normalized spacial score (nSPS) is 12.4. The monoisotopic (exact) mass is 348 g/mol. The van der Waals surface area contributed by atoms with E-state index < -0.39 is 6.10 Å². The van der Waals surface area contributed by atoms with Gasteiger partial charge in [-0.2, -0.15) is 0 Å². The average molecular weight is 348 g/mol. The average Bonchev–Trinajstić information content (AvgIpc) is 2.60. The minimum absolute atomic E-state index is 0.0658. The van der Waals surface area contributed by atoms with Crippen LogP contribution in [-0.4, -0.2) is 29.2 Å². The maximum atomic E-state index is 11.9. The number of unbranched alkanes of at least 4 members (excludes halogenated alkanes) is 6. The first-order chi connectivity index (χ1) is 12.1. The predicted octanol–water partition coefficient (Wildman–Crippen LogP) is 4.87. The molecule has 0 unspecified atom stereocenters. The van der Waals surface area contributed by atoms with E-state index in [1.54, 1.807) is 18.2 Å². The van der Waals surface area contributed by atoms with Gasteiger partial charge in [-0.15, -0.1) is 0 Å². The smallest absolute Gasteiger partial charge is 0.161 e. The lowest BCUT2D eigenvalue weighted by atomic mass is 10.0. The van der Waals surface area contributed by atoms with Gasteiger partial charge in [0, 0.05) is 6.42 Å². The molecule has 0 saturated heterocycles. The third kappa shape index (κ3) is 9.30. The summed E-state index contributed by atoms with van der Waals surface area (Å²) in [5.74, 6) is 0.340. The summed E-state index contributed by atoms with van der Waals surface area (Å²) in [4.78, 5) is 11.9.